The Kier molecular flexibility index (Phi) is 8.81. The molecule has 0 bridgehead atoms. The van der Waals surface area contributed by atoms with Gasteiger partial charge in [-0.05, 0) is 0 Å². The van der Waals surface area contributed by atoms with Gasteiger partial charge in [0.05, 0.1) is 0 Å². The molecule has 0 fully saturated rings. The van der Waals surface area contributed by atoms with Crippen LogP contribution in [0.15, 0.2) is 0 Å². The summed E-state index contributed by atoms with van der Waals surface area (Å²) in [7, 11) is 0. The van der Waals surface area contributed by atoms with Crippen LogP contribution < -0.4 is 0 Å². The molecule has 0 aliphatic rings. The summed E-state index contributed by atoms with van der Waals surface area (Å²) in [5.74, 6) is -0.0674. The summed E-state index contributed by atoms with van der Waals surface area (Å²) < 4.78 is 6.24. The Labute approximate surface area is 81.8 Å². The minimum atomic E-state index is -1.18. The summed E-state index contributed by atoms with van der Waals surface area (Å²) in [5.41, 5.74) is 0. The summed E-state index contributed by atoms with van der Waals surface area (Å²) in [4.78, 5) is 10.4. The van der Waals surface area contributed by atoms with E-state index in [-0.39, 0.29) is 5.97 Å². The SMILES string of the molecule is CCCCC[CH2][Hg][O]C(C)=O. The molecule has 0 spiro atoms. The number of hydrogen-bond acceptors (Lipinski definition) is 2. The van der Waals surface area contributed by atoms with Crippen molar-refractivity contribution in [1.29, 1.82) is 0 Å². The second-order valence-corrected chi connectivity index (χ2v) is 8.21. The molecule has 0 saturated carbocycles. The van der Waals surface area contributed by atoms with E-state index >= 15 is 0 Å². The number of hydrogen-bond donors (Lipinski definition) is 0. The summed E-state index contributed by atoms with van der Waals surface area (Å²) >= 11 is -1.18. The normalized spacial score (nSPS) is 8.91. The molecule has 0 aliphatic carbocycles. The van der Waals surface area contributed by atoms with Crippen LogP contribution in [0.2, 0.25) is 3.93 Å². The van der Waals surface area contributed by atoms with Gasteiger partial charge in [0.1, 0.15) is 0 Å². The van der Waals surface area contributed by atoms with Crippen LogP contribution >= 0.6 is 0 Å². The van der Waals surface area contributed by atoms with Gasteiger partial charge in [0.15, 0.2) is 0 Å². The van der Waals surface area contributed by atoms with Crippen LogP contribution in [0.4, 0.5) is 0 Å². The van der Waals surface area contributed by atoms with Crippen LogP contribution in [0, 0.1) is 0 Å². The van der Waals surface area contributed by atoms with E-state index in [1.165, 1.54) is 36.5 Å². The molecule has 0 atom stereocenters. The molecular formula is C8H16HgO2. The third-order valence-electron chi connectivity index (χ3n) is 1.55. The van der Waals surface area contributed by atoms with Crippen LogP contribution in [0.3, 0.4) is 0 Å². The molecule has 0 aliphatic heterocycles. The minimum absolute atomic E-state index is 0.0674. The second-order valence-electron chi connectivity index (χ2n) is 2.75. The first-order valence-electron chi connectivity index (χ1n) is 4.40. The second kappa shape index (κ2) is 8.50. The van der Waals surface area contributed by atoms with Crippen molar-refractivity contribution in [2.24, 2.45) is 0 Å². The van der Waals surface area contributed by atoms with Gasteiger partial charge in [-0.25, -0.2) is 0 Å². The summed E-state index contributed by atoms with van der Waals surface area (Å²) in [6.07, 6.45) is 5.21. The molecule has 2 nitrogen and oxygen atoms in total. The molecule has 0 N–H and O–H groups in total. The topological polar surface area (TPSA) is 26.3 Å². The Balaban J connectivity index is 2.85. The third-order valence-corrected chi connectivity index (χ3v) is 6.99. The molecule has 0 aromatic rings. The summed E-state index contributed by atoms with van der Waals surface area (Å²) in [5, 5.41) is 0. The van der Waals surface area contributed by atoms with Crippen molar-refractivity contribution in [3.63, 3.8) is 0 Å². The fourth-order valence-corrected chi connectivity index (χ4v) is 4.77. The molecule has 0 rings (SSSR count). The molecule has 0 amide bonds. The van der Waals surface area contributed by atoms with E-state index in [0.717, 1.165) is 0 Å². The van der Waals surface area contributed by atoms with Crippen molar-refractivity contribution in [2.45, 2.75) is 43.5 Å². The zero-order valence-corrected chi connectivity index (χ0v) is 13.1. The van der Waals surface area contributed by atoms with Gasteiger partial charge in [0, 0.05) is 0 Å². The molecule has 3 heteroatoms. The standard InChI is InChI=1S/C6H13.C2H4O2.Hg/c1-3-5-6-4-2;1-2(3)4;/h1,3-6H2,2H3;1H3,(H,3,4);/q;;+1/p-1. The van der Waals surface area contributed by atoms with E-state index in [0.29, 0.717) is 0 Å². The summed E-state index contributed by atoms with van der Waals surface area (Å²) in [6, 6.07) is 0. The molecular weight excluding hydrogens is 329 g/mol. The molecule has 0 aromatic carbocycles. The van der Waals surface area contributed by atoms with Crippen LogP contribution in [0.25, 0.3) is 0 Å². The van der Waals surface area contributed by atoms with Crippen molar-refractivity contribution >= 4 is 5.97 Å². The van der Waals surface area contributed by atoms with E-state index in [9.17, 15) is 4.79 Å². The Morgan fingerprint density at radius 3 is 2.64 bits per heavy atom. The first-order valence-corrected chi connectivity index (χ1v) is 10.5. The van der Waals surface area contributed by atoms with Crippen LogP contribution in [-0.4, -0.2) is 5.97 Å². The van der Waals surface area contributed by atoms with Gasteiger partial charge in [-0.15, -0.1) is 0 Å². The summed E-state index contributed by atoms with van der Waals surface area (Å²) in [6.45, 7) is 3.71. The third kappa shape index (κ3) is 10.4. The van der Waals surface area contributed by atoms with E-state index in [1.807, 2.05) is 0 Å². The predicted molar refractivity (Wildman–Crippen MR) is 40.7 cm³/mol. The van der Waals surface area contributed by atoms with Gasteiger partial charge in [0.25, 0.3) is 0 Å². The molecule has 0 saturated heterocycles. The van der Waals surface area contributed by atoms with Gasteiger partial charge in [0.2, 0.25) is 0 Å². The quantitative estimate of drug-likeness (QED) is 0.547. The molecule has 0 radical (unpaired) electrons. The van der Waals surface area contributed by atoms with Crippen molar-refractivity contribution in [2.75, 3.05) is 0 Å². The van der Waals surface area contributed by atoms with E-state index in [4.69, 9.17) is 2.64 Å². The Morgan fingerprint density at radius 2 is 2.09 bits per heavy atom. The van der Waals surface area contributed by atoms with Gasteiger partial charge in [-0.3, -0.25) is 0 Å². The fraction of sp³-hybridized carbons (Fsp3) is 0.875. The average Bonchev–Trinajstić information content (AvgIpc) is 1.96. The Hall–Kier alpha value is 0.405. The monoisotopic (exact) mass is 346 g/mol. The van der Waals surface area contributed by atoms with Gasteiger partial charge < -0.3 is 0 Å². The zero-order chi connectivity index (χ0) is 8.53. The molecule has 0 unspecified atom stereocenters. The first-order chi connectivity index (χ1) is 5.27. The number of carbonyl (C=O) groups excluding carboxylic acids is 1. The maximum absolute atomic E-state index is 10.4. The van der Waals surface area contributed by atoms with Crippen LogP contribution in [0.1, 0.15) is 39.5 Å². The van der Waals surface area contributed by atoms with Gasteiger partial charge >= 0.3 is 81.9 Å². The van der Waals surface area contributed by atoms with Crippen molar-refractivity contribution in [3.05, 3.63) is 0 Å². The molecule has 0 heterocycles. The fourth-order valence-electron chi connectivity index (χ4n) is 0.922. The maximum atomic E-state index is 10.4. The van der Waals surface area contributed by atoms with Crippen molar-refractivity contribution in [1.82, 2.24) is 0 Å². The van der Waals surface area contributed by atoms with Gasteiger partial charge in [-0.1, -0.05) is 0 Å². The first kappa shape index (κ1) is 11.4. The van der Waals surface area contributed by atoms with E-state index < -0.39 is 25.0 Å². The Morgan fingerprint density at radius 1 is 1.36 bits per heavy atom. The van der Waals surface area contributed by atoms with E-state index in [1.54, 1.807) is 0 Å². The van der Waals surface area contributed by atoms with Crippen molar-refractivity contribution < 1.29 is 32.5 Å². The zero-order valence-electron chi connectivity index (χ0n) is 7.56. The van der Waals surface area contributed by atoms with Crippen LogP contribution in [-0.2, 0) is 32.5 Å². The Bertz CT molecular complexity index is 104. The van der Waals surface area contributed by atoms with Crippen LogP contribution in [0.5, 0.6) is 0 Å². The molecule has 0 aromatic heterocycles. The number of unbranched alkanes of at least 4 members (excludes halogenated alkanes) is 3. The van der Waals surface area contributed by atoms with Crippen molar-refractivity contribution in [3.8, 4) is 0 Å². The van der Waals surface area contributed by atoms with Gasteiger partial charge in [-0.2, -0.15) is 0 Å². The predicted octanol–water partition coefficient (Wildman–Crippen LogP) is 2.55. The number of rotatable bonds is 6. The molecule has 62 valence electrons. The average molecular weight is 345 g/mol. The van der Waals surface area contributed by atoms with E-state index in [2.05, 4.69) is 6.92 Å². The molecule has 11 heavy (non-hydrogen) atoms. The number of carbonyl (C=O) groups is 1.